The molecule has 0 atom stereocenters. The molecule has 1 heterocycles. The smallest absolute Gasteiger partial charge is 0.339 e. The Morgan fingerprint density at radius 3 is 1.97 bits per heavy atom. The van der Waals surface area contributed by atoms with E-state index in [4.69, 9.17) is 4.74 Å². The van der Waals surface area contributed by atoms with Gasteiger partial charge >= 0.3 is 17.8 Å². The molecule has 3 aromatic rings. The number of hydrogen-bond acceptors (Lipinski definition) is 6. The molecule has 182 valence electrons. The molecule has 0 spiro atoms. The first-order valence-electron chi connectivity index (χ1n) is 10.9. The second-order valence-electron chi connectivity index (χ2n) is 7.96. The van der Waals surface area contributed by atoms with Crippen molar-refractivity contribution in [2.75, 3.05) is 29.2 Å². The number of methoxy groups -OCH3 is 1. The maximum atomic E-state index is 12.7. The average Bonchev–Trinajstić information content (AvgIpc) is 3.08. The van der Waals surface area contributed by atoms with Crippen molar-refractivity contribution in [3.63, 3.8) is 0 Å². The molecule has 2 N–H and O–H groups in total. The first-order chi connectivity index (χ1) is 17.3. The van der Waals surface area contributed by atoms with Crippen molar-refractivity contribution >= 4 is 46.7 Å². The Morgan fingerprint density at radius 1 is 0.778 bits per heavy atom. The summed E-state index contributed by atoms with van der Waals surface area (Å²) >= 11 is 0. The minimum absolute atomic E-state index is 0.246. The van der Waals surface area contributed by atoms with Crippen molar-refractivity contribution in [1.29, 1.82) is 0 Å². The summed E-state index contributed by atoms with van der Waals surface area (Å²) in [7, 11) is 1.55. The van der Waals surface area contributed by atoms with Crippen molar-refractivity contribution in [2.45, 2.75) is 6.92 Å². The molecule has 1 aliphatic heterocycles. The van der Waals surface area contributed by atoms with E-state index in [1.165, 1.54) is 24.3 Å². The SMILES string of the molecule is COc1ccc(NC(=O)c2ccc(NC(=O)CN3C(=O)C(=O)N(c4ccc(C)cc4)C3=O)cc2)cc1. The zero-order valence-electron chi connectivity index (χ0n) is 19.5. The summed E-state index contributed by atoms with van der Waals surface area (Å²) in [6, 6.07) is 18.5. The normalized spacial score (nSPS) is 13.1. The summed E-state index contributed by atoms with van der Waals surface area (Å²) in [6.07, 6.45) is 0. The number of urea groups is 1. The summed E-state index contributed by atoms with van der Waals surface area (Å²) in [6.45, 7) is 1.21. The molecule has 1 aliphatic rings. The molecule has 0 aromatic heterocycles. The topological polar surface area (TPSA) is 125 Å². The van der Waals surface area contributed by atoms with Gasteiger partial charge in [0.15, 0.2) is 0 Å². The molecule has 10 heteroatoms. The lowest BCUT2D eigenvalue weighted by Crippen LogP contribution is -2.39. The molecule has 3 aromatic carbocycles. The third-order valence-electron chi connectivity index (χ3n) is 5.43. The van der Waals surface area contributed by atoms with Crippen molar-refractivity contribution in [1.82, 2.24) is 4.90 Å². The van der Waals surface area contributed by atoms with Crippen molar-refractivity contribution < 1.29 is 28.7 Å². The first-order valence-corrected chi connectivity index (χ1v) is 10.9. The number of anilines is 3. The minimum Gasteiger partial charge on any atom is -0.497 e. The Kier molecular flexibility index (Phi) is 6.77. The molecule has 0 aliphatic carbocycles. The zero-order valence-corrected chi connectivity index (χ0v) is 19.5. The fraction of sp³-hybridized carbons (Fsp3) is 0.115. The molecule has 36 heavy (non-hydrogen) atoms. The number of carbonyl (C=O) groups excluding carboxylic acids is 5. The second kappa shape index (κ2) is 10.1. The summed E-state index contributed by atoms with van der Waals surface area (Å²) in [5, 5.41) is 5.31. The molecule has 6 amide bonds. The van der Waals surface area contributed by atoms with Gasteiger partial charge in [0.1, 0.15) is 12.3 Å². The van der Waals surface area contributed by atoms with E-state index in [0.29, 0.717) is 27.6 Å². The molecule has 0 saturated carbocycles. The lowest BCUT2D eigenvalue weighted by molar-refractivity contribution is -0.140. The molecule has 1 saturated heterocycles. The lowest BCUT2D eigenvalue weighted by Gasteiger charge is -2.15. The highest BCUT2D eigenvalue weighted by Gasteiger charge is 2.46. The molecule has 1 fully saturated rings. The number of nitrogens with zero attached hydrogens (tertiary/aromatic N) is 2. The van der Waals surface area contributed by atoms with Crippen LogP contribution in [0.4, 0.5) is 21.9 Å². The van der Waals surface area contributed by atoms with Crippen LogP contribution in [0, 0.1) is 6.92 Å². The highest BCUT2D eigenvalue weighted by atomic mass is 16.5. The van der Waals surface area contributed by atoms with E-state index < -0.39 is 30.3 Å². The third-order valence-corrected chi connectivity index (χ3v) is 5.43. The molecule has 4 rings (SSSR count). The van der Waals surface area contributed by atoms with Gasteiger partial charge in [0.2, 0.25) is 5.91 Å². The monoisotopic (exact) mass is 486 g/mol. The van der Waals surface area contributed by atoms with E-state index in [9.17, 15) is 24.0 Å². The van der Waals surface area contributed by atoms with Crippen molar-refractivity contribution in [3.8, 4) is 5.75 Å². The Hall–Kier alpha value is -4.99. The predicted octanol–water partition coefficient (Wildman–Crippen LogP) is 3.19. The van der Waals surface area contributed by atoms with Crippen LogP contribution < -0.4 is 20.3 Å². The fourth-order valence-electron chi connectivity index (χ4n) is 3.49. The number of benzene rings is 3. The van der Waals surface area contributed by atoms with Gasteiger partial charge in [-0.05, 0) is 67.6 Å². The van der Waals surface area contributed by atoms with E-state index in [0.717, 1.165) is 10.5 Å². The Bertz CT molecular complexity index is 1330. The molecule has 0 radical (unpaired) electrons. The van der Waals surface area contributed by atoms with Crippen LogP contribution in [0.5, 0.6) is 5.75 Å². The minimum atomic E-state index is -1.08. The largest absolute Gasteiger partial charge is 0.497 e. The van der Waals surface area contributed by atoms with Crippen LogP contribution in [0.25, 0.3) is 0 Å². The number of aryl methyl sites for hydroxylation is 1. The summed E-state index contributed by atoms with van der Waals surface area (Å²) in [5.74, 6) is -2.46. The maximum Gasteiger partial charge on any atom is 0.339 e. The molecule has 10 nitrogen and oxygen atoms in total. The molecular formula is C26H22N4O6. The van der Waals surface area contributed by atoms with E-state index in [1.54, 1.807) is 55.6 Å². The van der Waals surface area contributed by atoms with Gasteiger partial charge in [-0.1, -0.05) is 17.7 Å². The van der Waals surface area contributed by atoms with Crippen LogP contribution in [0.15, 0.2) is 72.8 Å². The molecule has 0 unspecified atom stereocenters. The van der Waals surface area contributed by atoms with Crippen LogP contribution in [0.3, 0.4) is 0 Å². The van der Waals surface area contributed by atoms with E-state index in [1.807, 2.05) is 6.92 Å². The van der Waals surface area contributed by atoms with E-state index in [-0.39, 0.29) is 11.6 Å². The Labute approximate surface area is 206 Å². The quantitative estimate of drug-likeness (QED) is 0.390. The van der Waals surface area contributed by atoms with Crippen LogP contribution in [-0.4, -0.2) is 48.2 Å². The number of ether oxygens (including phenoxy) is 1. The summed E-state index contributed by atoms with van der Waals surface area (Å²) in [5.41, 5.74) is 2.46. The number of nitrogens with one attached hydrogen (secondary N) is 2. The summed E-state index contributed by atoms with van der Waals surface area (Å²) < 4.78 is 5.09. The number of carbonyl (C=O) groups is 5. The van der Waals surface area contributed by atoms with Crippen LogP contribution in [0.1, 0.15) is 15.9 Å². The average molecular weight is 486 g/mol. The highest BCUT2D eigenvalue weighted by molar-refractivity contribution is 6.53. The number of rotatable bonds is 7. The highest BCUT2D eigenvalue weighted by Crippen LogP contribution is 2.23. The maximum absolute atomic E-state index is 12.7. The van der Waals surface area contributed by atoms with Gasteiger partial charge in [0, 0.05) is 16.9 Å². The standard InChI is InChI=1S/C26H22N4O6/c1-16-3-11-20(12-4-16)30-25(34)24(33)29(26(30)35)15-22(31)27-18-7-5-17(6-8-18)23(32)28-19-9-13-21(36-2)14-10-19/h3-14H,15H2,1-2H3,(H,27,31)(H,28,32). The van der Waals surface area contributed by atoms with Crippen molar-refractivity contribution in [3.05, 3.63) is 83.9 Å². The molecular weight excluding hydrogens is 464 g/mol. The van der Waals surface area contributed by atoms with Crippen LogP contribution in [-0.2, 0) is 14.4 Å². The van der Waals surface area contributed by atoms with Gasteiger partial charge in [-0.2, -0.15) is 0 Å². The lowest BCUT2D eigenvalue weighted by atomic mass is 10.2. The fourth-order valence-corrected chi connectivity index (χ4v) is 3.49. The Balaban J connectivity index is 1.36. The van der Waals surface area contributed by atoms with Crippen LogP contribution in [0.2, 0.25) is 0 Å². The third kappa shape index (κ3) is 5.07. The van der Waals surface area contributed by atoms with Gasteiger partial charge in [0.25, 0.3) is 5.91 Å². The first kappa shape index (κ1) is 24.1. The van der Waals surface area contributed by atoms with Gasteiger partial charge in [-0.15, -0.1) is 0 Å². The zero-order chi connectivity index (χ0) is 25.8. The Morgan fingerprint density at radius 2 is 1.36 bits per heavy atom. The van der Waals surface area contributed by atoms with Gasteiger partial charge in [-0.25, -0.2) is 14.6 Å². The predicted molar refractivity (Wildman–Crippen MR) is 132 cm³/mol. The van der Waals surface area contributed by atoms with E-state index >= 15 is 0 Å². The number of hydrogen-bond donors (Lipinski definition) is 2. The summed E-state index contributed by atoms with van der Waals surface area (Å²) in [4.78, 5) is 63.7. The number of amides is 6. The second-order valence-corrected chi connectivity index (χ2v) is 7.96. The van der Waals surface area contributed by atoms with Crippen molar-refractivity contribution in [2.24, 2.45) is 0 Å². The van der Waals surface area contributed by atoms with Gasteiger partial charge < -0.3 is 15.4 Å². The number of imide groups is 2. The van der Waals surface area contributed by atoms with Gasteiger partial charge in [-0.3, -0.25) is 19.2 Å². The van der Waals surface area contributed by atoms with Crippen LogP contribution >= 0.6 is 0 Å². The molecule has 0 bridgehead atoms. The van der Waals surface area contributed by atoms with Gasteiger partial charge in [0.05, 0.1) is 12.8 Å². The van der Waals surface area contributed by atoms with E-state index in [2.05, 4.69) is 10.6 Å².